The molecule has 3 aromatic rings. The summed E-state index contributed by atoms with van der Waals surface area (Å²) in [5.41, 5.74) is 4.47. The lowest BCUT2D eigenvalue weighted by Gasteiger charge is -2.35. The fourth-order valence-corrected chi connectivity index (χ4v) is 6.61. The maximum atomic E-state index is 4.82. The van der Waals surface area contributed by atoms with Crippen LogP contribution in [0.3, 0.4) is 0 Å². The predicted octanol–water partition coefficient (Wildman–Crippen LogP) is 3.51. The van der Waals surface area contributed by atoms with E-state index in [2.05, 4.69) is 92.6 Å². The Bertz CT molecular complexity index is 799. The van der Waals surface area contributed by atoms with E-state index in [1.165, 1.54) is 16.6 Å². The molecule has 1 aromatic carbocycles. The van der Waals surface area contributed by atoms with Crippen molar-refractivity contribution in [2.24, 2.45) is 0 Å². The molecule has 4 nitrogen and oxygen atoms in total. The maximum Gasteiger partial charge on any atom is 0.135 e. The molecule has 0 amide bonds. The summed E-state index contributed by atoms with van der Waals surface area (Å²) in [6.07, 6.45) is 0. The van der Waals surface area contributed by atoms with Crippen LogP contribution in [0.4, 0.5) is 0 Å². The summed E-state index contributed by atoms with van der Waals surface area (Å²) in [7, 11) is -1.93. The van der Waals surface area contributed by atoms with E-state index in [4.69, 9.17) is 10.2 Å². The Balaban J connectivity index is 2.23. The molecule has 5 heteroatoms. The molecule has 2 heterocycles. The monoisotopic (exact) mass is 338 g/mol. The molecule has 0 bridgehead atoms. The summed E-state index contributed by atoms with van der Waals surface area (Å²) in [6.45, 7) is 13.2. The number of nitrogens with zero attached hydrogens (tertiary/aromatic N) is 4. The Morgan fingerprint density at radius 3 is 1.62 bits per heavy atom. The van der Waals surface area contributed by atoms with Crippen LogP contribution in [0.2, 0.25) is 13.1 Å². The van der Waals surface area contributed by atoms with Gasteiger partial charge in [0.15, 0.2) is 0 Å². The number of rotatable bonds is 4. The van der Waals surface area contributed by atoms with Crippen LogP contribution < -0.4 is 5.19 Å². The minimum atomic E-state index is -1.93. The molecule has 0 fully saturated rings. The minimum absolute atomic E-state index is 0.113. The van der Waals surface area contributed by atoms with Gasteiger partial charge in [-0.15, -0.1) is 0 Å². The largest absolute Gasteiger partial charge is 0.248 e. The van der Waals surface area contributed by atoms with Crippen molar-refractivity contribution in [1.29, 1.82) is 0 Å². The maximum absolute atomic E-state index is 4.82. The summed E-state index contributed by atoms with van der Waals surface area (Å²) in [4.78, 5) is 0. The van der Waals surface area contributed by atoms with E-state index in [0.29, 0.717) is 0 Å². The zero-order valence-corrected chi connectivity index (χ0v) is 16.4. The highest BCUT2D eigenvalue weighted by Crippen LogP contribution is 2.26. The van der Waals surface area contributed by atoms with E-state index in [-0.39, 0.29) is 5.79 Å². The van der Waals surface area contributed by atoms with E-state index in [1.54, 1.807) is 0 Å². The predicted molar refractivity (Wildman–Crippen MR) is 101 cm³/mol. The average molecular weight is 339 g/mol. The number of aryl methyl sites for hydroxylation is 4. The summed E-state index contributed by atoms with van der Waals surface area (Å²) >= 11 is 0. The lowest BCUT2D eigenvalue weighted by molar-refractivity contribution is 0.441. The van der Waals surface area contributed by atoms with Crippen LogP contribution in [0.25, 0.3) is 0 Å². The molecule has 0 aliphatic heterocycles. The summed E-state index contributed by atoms with van der Waals surface area (Å²) in [5.74, 6) is 0.113. The summed E-state index contributed by atoms with van der Waals surface area (Å²) < 4.78 is 4.35. The highest BCUT2D eigenvalue weighted by molar-refractivity contribution is 6.90. The second-order valence-electron chi connectivity index (χ2n) is 7.20. The van der Waals surface area contributed by atoms with E-state index in [1.807, 2.05) is 0 Å². The lowest BCUT2D eigenvalue weighted by Crippen LogP contribution is -2.53. The first-order valence-electron chi connectivity index (χ1n) is 8.41. The smallest absolute Gasteiger partial charge is 0.135 e. The van der Waals surface area contributed by atoms with Gasteiger partial charge in [0, 0.05) is 11.4 Å². The topological polar surface area (TPSA) is 35.6 Å². The molecule has 0 spiro atoms. The van der Waals surface area contributed by atoms with Crippen molar-refractivity contribution in [3.63, 3.8) is 0 Å². The first-order valence-corrected chi connectivity index (χ1v) is 11.5. The zero-order valence-electron chi connectivity index (χ0n) is 15.4. The molecule has 0 unspecified atom stereocenters. The number of benzene rings is 1. The van der Waals surface area contributed by atoms with Gasteiger partial charge in [-0.25, -0.2) is 9.36 Å². The van der Waals surface area contributed by atoms with Gasteiger partial charge in [0.05, 0.1) is 11.4 Å². The second-order valence-corrected chi connectivity index (χ2v) is 11.7. The molecule has 0 saturated heterocycles. The van der Waals surface area contributed by atoms with Gasteiger partial charge in [0.2, 0.25) is 0 Å². The molecule has 24 heavy (non-hydrogen) atoms. The molecule has 0 radical (unpaired) electrons. The average Bonchev–Trinajstić information content (AvgIpc) is 3.02. The standard InChI is InChI=1S/C19H26N4Si/c1-14-12-16(3)22(20-14)19(23-17(4)13-15(2)21-23)24(5,6)18-10-8-7-9-11-18/h7-13,19H,1-6H3. The van der Waals surface area contributed by atoms with E-state index in [0.717, 1.165) is 11.4 Å². The van der Waals surface area contributed by atoms with Crippen LogP contribution in [-0.4, -0.2) is 27.6 Å². The molecule has 0 aliphatic rings. The lowest BCUT2D eigenvalue weighted by atomic mass is 10.4. The first kappa shape index (κ1) is 16.7. The molecule has 0 saturated carbocycles. The molecule has 0 atom stereocenters. The van der Waals surface area contributed by atoms with Crippen molar-refractivity contribution in [2.75, 3.05) is 0 Å². The molecule has 126 valence electrons. The first-order chi connectivity index (χ1) is 11.3. The third-order valence-corrected chi connectivity index (χ3v) is 8.32. The van der Waals surface area contributed by atoms with Crippen LogP contribution in [0.1, 0.15) is 28.6 Å². The number of hydrogen-bond acceptors (Lipinski definition) is 2. The quantitative estimate of drug-likeness (QED) is 0.682. The van der Waals surface area contributed by atoms with Gasteiger partial charge in [-0.2, -0.15) is 10.2 Å². The third kappa shape index (κ3) is 2.84. The van der Waals surface area contributed by atoms with Gasteiger partial charge >= 0.3 is 0 Å². The van der Waals surface area contributed by atoms with Crippen LogP contribution in [0.15, 0.2) is 42.5 Å². The summed E-state index contributed by atoms with van der Waals surface area (Å²) in [5, 5.41) is 11.1. The van der Waals surface area contributed by atoms with Gasteiger partial charge < -0.3 is 0 Å². The molecule has 2 aromatic heterocycles. The van der Waals surface area contributed by atoms with E-state index < -0.39 is 8.07 Å². The van der Waals surface area contributed by atoms with E-state index in [9.17, 15) is 0 Å². The molecular formula is C19H26N4Si. The zero-order chi connectivity index (χ0) is 17.5. The Morgan fingerprint density at radius 1 is 0.792 bits per heavy atom. The molecular weight excluding hydrogens is 312 g/mol. The highest BCUT2D eigenvalue weighted by atomic mass is 28.3. The van der Waals surface area contributed by atoms with Gasteiger partial charge in [0.25, 0.3) is 0 Å². The SMILES string of the molecule is Cc1cc(C)n(C(n2nc(C)cc2C)[Si](C)(C)c2ccccc2)n1. The van der Waals surface area contributed by atoms with Gasteiger partial charge in [0.1, 0.15) is 13.9 Å². The van der Waals surface area contributed by atoms with Gasteiger partial charge in [-0.1, -0.05) is 48.6 Å². The Kier molecular flexibility index (Phi) is 4.21. The van der Waals surface area contributed by atoms with Crippen LogP contribution in [0.5, 0.6) is 0 Å². The normalized spacial score (nSPS) is 12.1. The highest BCUT2D eigenvalue weighted by Gasteiger charge is 2.39. The van der Waals surface area contributed by atoms with Crippen molar-refractivity contribution in [2.45, 2.75) is 46.6 Å². The Labute approximate surface area is 145 Å². The second kappa shape index (κ2) is 6.05. The molecule has 0 N–H and O–H groups in total. The number of aromatic nitrogens is 4. The van der Waals surface area contributed by atoms with Crippen LogP contribution >= 0.6 is 0 Å². The summed E-state index contributed by atoms with van der Waals surface area (Å²) in [6, 6.07) is 15.1. The van der Waals surface area contributed by atoms with Crippen molar-refractivity contribution in [1.82, 2.24) is 19.6 Å². The molecule has 3 rings (SSSR count). The number of hydrogen-bond donors (Lipinski definition) is 0. The Morgan fingerprint density at radius 2 is 1.25 bits per heavy atom. The minimum Gasteiger partial charge on any atom is -0.248 e. The fourth-order valence-electron chi connectivity index (χ4n) is 3.52. The van der Waals surface area contributed by atoms with Crippen molar-refractivity contribution in [3.05, 3.63) is 65.2 Å². The Hall–Kier alpha value is -2.14. The van der Waals surface area contributed by atoms with Crippen molar-refractivity contribution in [3.8, 4) is 0 Å². The van der Waals surface area contributed by atoms with Gasteiger partial charge in [-0.05, 0) is 39.8 Å². The van der Waals surface area contributed by atoms with Crippen molar-refractivity contribution >= 4 is 13.3 Å². The van der Waals surface area contributed by atoms with Crippen LogP contribution in [0, 0.1) is 27.7 Å². The third-order valence-electron chi connectivity index (χ3n) is 4.72. The van der Waals surface area contributed by atoms with Crippen LogP contribution in [-0.2, 0) is 0 Å². The van der Waals surface area contributed by atoms with E-state index >= 15 is 0 Å². The fraction of sp³-hybridized carbons (Fsp3) is 0.368. The van der Waals surface area contributed by atoms with Gasteiger partial charge in [-0.3, -0.25) is 0 Å². The molecule has 0 aliphatic carbocycles. The van der Waals surface area contributed by atoms with Crippen molar-refractivity contribution < 1.29 is 0 Å².